The molecule has 0 fully saturated rings. The maximum absolute atomic E-state index is 12.4. The molecular formula is C21H30N4O3. The Morgan fingerprint density at radius 1 is 1.18 bits per heavy atom. The summed E-state index contributed by atoms with van der Waals surface area (Å²) < 4.78 is 1.62. The number of nitro groups is 1. The zero-order valence-corrected chi connectivity index (χ0v) is 17.4. The molecule has 2 rings (SSSR count). The standard InChI is InChI=1S/C21H30N4O3/c1-14(2)7-6-8-15(3)22-21(26)19-11-9-18(10-12-19)13-24-17(5)20(25(27)28)16(4)23-24/h9-12,14-15H,6-8,13H2,1-5H3,(H,22,26). The molecule has 1 amide bonds. The third kappa shape index (κ3) is 5.65. The van der Waals surface area contributed by atoms with Crippen molar-refractivity contribution in [1.29, 1.82) is 0 Å². The molecule has 0 aliphatic rings. The molecule has 1 unspecified atom stereocenters. The summed E-state index contributed by atoms with van der Waals surface area (Å²) in [5.74, 6) is 0.601. The van der Waals surface area contributed by atoms with E-state index in [9.17, 15) is 14.9 Å². The molecule has 7 nitrogen and oxygen atoms in total. The second kappa shape index (κ2) is 9.48. The number of aryl methyl sites for hydroxylation is 1. The zero-order valence-electron chi connectivity index (χ0n) is 17.4. The highest BCUT2D eigenvalue weighted by Crippen LogP contribution is 2.22. The summed E-state index contributed by atoms with van der Waals surface area (Å²) in [6.45, 7) is 10.2. The molecule has 0 aliphatic carbocycles. The Hall–Kier alpha value is -2.70. The molecule has 7 heteroatoms. The van der Waals surface area contributed by atoms with Gasteiger partial charge in [0.05, 0.1) is 11.5 Å². The lowest BCUT2D eigenvalue weighted by molar-refractivity contribution is -0.386. The van der Waals surface area contributed by atoms with Crippen LogP contribution >= 0.6 is 0 Å². The van der Waals surface area contributed by atoms with Crippen LogP contribution in [0.3, 0.4) is 0 Å². The normalized spacial score (nSPS) is 12.2. The van der Waals surface area contributed by atoms with Crippen molar-refractivity contribution in [2.75, 3.05) is 0 Å². The van der Waals surface area contributed by atoms with Crippen LogP contribution in [-0.2, 0) is 6.54 Å². The SMILES string of the molecule is Cc1nn(Cc2ccc(C(=O)NC(C)CCCC(C)C)cc2)c(C)c1[N+](=O)[O-]. The molecule has 1 aromatic heterocycles. The van der Waals surface area contributed by atoms with Gasteiger partial charge in [0.25, 0.3) is 5.91 Å². The highest BCUT2D eigenvalue weighted by molar-refractivity contribution is 5.94. The molecule has 0 radical (unpaired) electrons. The fraction of sp³-hybridized carbons (Fsp3) is 0.524. The van der Waals surface area contributed by atoms with E-state index in [2.05, 4.69) is 24.3 Å². The van der Waals surface area contributed by atoms with Gasteiger partial charge in [0.1, 0.15) is 11.4 Å². The number of hydrogen-bond donors (Lipinski definition) is 1. The molecule has 1 heterocycles. The van der Waals surface area contributed by atoms with Crippen LogP contribution in [0.15, 0.2) is 24.3 Å². The van der Waals surface area contributed by atoms with Gasteiger partial charge in [0.2, 0.25) is 0 Å². The third-order valence-electron chi connectivity index (χ3n) is 4.87. The predicted octanol–water partition coefficient (Wildman–Crippen LogP) is 4.40. The van der Waals surface area contributed by atoms with Gasteiger partial charge in [-0.1, -0.05) is 38.8 Å². The first-order chi connectivity index (χ1) is 13.2. The summed E-state index contributed by atoms with van der Waals surface area (Å²) >= 11 is 0. The topological polar surface area (TPSA) is 90.1 Å². The van der Waals surface area contributed by atoms with E-state index < -0.39 is 4.92 Å². The lowest BCUT2D eigenvalue weighted by Crippen LogP contribution is -2.32. The average molecular weight is 386 g/mol. The number of nitrogens with zero attached hydrogens (tertiary/aromatic N) is 3. The molecule has 1 aromatic carbocycles. The van der Waals surface area contributed by atoms with Crippen LogP contribution in [0.5, 0.6) is 0 Å². The molecule has 2 aromatic rings. The minimum Gasteiger partial charge on any atom is -0.350 e. The van der Waals surface area contributed by atoms with Gasteiger partial charge >= 0.3 is 5.69 Å². The Labute approximate surface area is 166 Å². The maximum Gasteiger partial charge on any atom is 0.312 e. The van der Waals surface area contributed by atoms with E-state index in [-0.39, 0.29) is 17.6 Å². The first-order valence-electron chi connectivity index (χ1n) is 9.77. The molecule has 1 N–H and O–H groups in total. The number of amides is 1. The smallest absolute Gasteiger partial charge is 0.312 e. The van der Waals surface area contributed by atoms with E-state index in [1.165, 1.54) is 6.42 Å². The van der Waals surface area contributed by atoms with E-state index in [4.69, 9.17) is 0 Å². The number of benzene rings is 1. The Morgan fingerprint density at radius 2 is 1.82 bits per heavy atom. The molecular weight excluding hydrogens is 356 g/mol. The quantitative estimate of drug-likeness (QED) is 0.511. The van der Waals surface area contributed by atoms with Crippen LogP contribution < -0.4 is 5.32 Å². The van der Waals surface area contributed by atoms with Crippen LogP contribution in [0.4, 0.5) is 5.69 Å². The zero-order chi connectivity index (χ0) is 20.8. The number of carbonyl (C=O) groups is 1. The van der Waals surface area contributed by atoms with Gasteiger partial charge in [-0.2, -0.15) is 5.10 Å². The number of nitrogens with one attached hydrogen (secondary N) is 1. The lowest BCUT2D eigenvalue weighted by Gasteiger charge is -2.15. The molecule has 0 saturated carbocycles. The fourth-order valence-corrected chi connectivity index (χ4v) is 3.25. The lowest BCUT2D eigenvalue weighted by atomic mass is 10.0. The number of hydrogen-bond acceptors (Lipinski definition) is 4. The van der Waals surface area contributed by atoms with Crippen LogP contribution in [0.25, 0.3) is 0 Å². The van der Waals surface area contributed by atoms with E-state index in [1.54, 1.807) is 30.7 Å². The van der Waals surface area contributed by atoms with Gasteiger partial charge in [-0.3, -0.25) is 19.6 Å². The summed E-state index contributed by atoms with van der Waals surface area (Å²) in [5, 5.41) is 18.4. The van der Waals surface area contributed by atoms with Crippen molar-refractivity contribution in [2.24, 2.45) is 5.92 Å². The van der Waals surface area contributed by atoms with Crippen molar-refractivity contribution in [1.82, 2.24) is 15.1 Å². The van der Waals surface area contributed by atoms with Crippen molar-refractivity contribution < 1.29 is 9.72 Å². The Kier molecular flexibility index (Phi) is 7.31. The van der Waals surface area contributed by atoms with Crippen molar-refractivity contribution in [3.8, 4) is 0 Å². The van der Waals surface area contributed by atoms with Crippen molar-refractivity contribution in [3.63, 3.8) is 0 Å². The maximum atomic E-state index is 12.4. The van der Waals surface area contributed by atoms with Crippen LogP contribution in [0, 0.1) is 29.9 Å². The molecule has 28 heavy (non-hydrogen) atoms. The van der Waals surface area contributed by atoms with Crippen molar-refractivity contribution in [2.45, 2.75) is 66.5 Å². The number of aromatic nitrogens is 2. The Balaban J connectivity index is 1.97. The van der Waals surface area contributed by atoms with Crippen LogP contribution in [0.2, 0.25) is 0 Å². The van der Waals surface area contributed by atoms with E-state index >= 15 is 0 Å². The minimum atomic E-state index is -0.399. The first kappa shape index (κ1) is 21.6. The summed E-state index contributed by atoms with van der Waals surface area (Å²) in [4.78, 5) is 23.1. The summed E-state index contributed by atoms with van der Waals surface area (Å²) in [7, 11) is 0. The van der Waals surface area contributed by atoms with Crippen LogP contribution in [-0.4, -0.2) is 26.7 Å². The number of rotatable bonds is 9. The summed E-state index contributed by atoms with van der Waals surface area (Å²) in [5.41, 5.74) is 2.53. The number of carbonyl (C=O) groups excluding carboxylic acids is 1. The third-order valence-corrected chi connectivity index (χ3v) is 4.87. The minimum absolute atomic E-state index is 0.0578. The van der Waals surface area contributed by atoms with E-state index in [0.717, 1.165) is 18.4 Å². The van der Waals surface area contributed by atoms with Gasteiger partial charge in [-0.05, 0) is 50.8 Å². The first-order valence-corrected chi connectivity index (χ1v) is 9.77. The Morgan fingerprint density at radius 3 is 2.36 bits per heavy atom. The van der Waals surface area contributed by atoms with Gasteiger partial charge in [0, 0.05) is 11.6 Å². The highest BCUT2D eigenvalue weighted by Gasteiger charge is 2.21. The van der Waals surface area contributed by atoms with Gasteiger partial charge < -0.3 is 5.32 Å². The van der Waals surface area contributed by atoms with E-state index in [0.29, 0.717) is 29.4 Å². The second-order valence-electron chi connectivity index (χ2n) is 7.83. The highest BCUT2D eigenvalue weighted by atomic mass is 16.6. The second-order valence-corrected chi connectivity index (χ2v) is 7.83. The summed E-state index contributed by atoms with van der Waals surface area (Å²) in [6.07, 6.45) is 3.24. The fourth-order valence-electron chi connectivity index (χ4n) is 3.25. The summed E-state index contributed by atoms with van der Waals surface area (Å²) in [6, 6.07) is 7.43. The Bertz CT molecular complexity index is 825. The predicted molar refractivity (Wildman–Crippen MR) is 110 cm³/mol. The molecule has 0 spiro atoms. The average Bonchev–Trinajstić information content (AvgIpc) is 2.88. The van der Waals surface area contributed by atoms with Crippen molar-refractivity contribution >= 4 is 11.6 Å². The largest absolute Gasteiger partial charge is 0.350 e. The molecule has 0 saturated heterocycles. The van der Waals surface area contributed by atoms with Crippen LogP contribution in [0.1, 0.15) is 67.3 Å². The molecule has 152 valence electrons. The molecule has 1 atom stereocenters. The van der Waals surface area contributed by atoms with E-state index in [1.807, 2.05) is 19.1 Å². The van der Waals surface area contributed by atoms with Gasteiger partial charge in [-0.15, -0.1) is 0 Å². The van der Waals surface area contributed by atoms with Crippen molar-refractivity contribution in [3.05, 3.63) is 56.9 Å². The van der Waals surface area contributed by atoms with Gasteiger partial charge in [-0.25, -0.2) is 0 Å². The molecule has 0 bridgehead atoms. The molecule has 0 aliphatic heterocycles. The van der Waals surface area contributed by atoms with Gasteiger partial charge in [0.15, 0.2) is 0 Å². The monoisotopic (exact) mass is 386 g/mol.